The molecule has 0 N–H and O–H groups in total. The van der Waals surface area contributed by atoms with Gasteiger partial charge in [0.05, 0.1) is 11.4 Å². The molecule has 28 heavy (non-hydrogen) atoms. The average Bonchev–Trinajstić information content (AvgIpc) is 2.72. The number of amides is 2. The Bertz CT molecular complexity index is 907. The van der Waals surface area contributed by atoms with Crippen LogP contribution in [0.25, 0.3) is 0 Å². The van der Waals surface area contributed by atoms with E-state index >= 15 is 0 Å². The monoisotopic (exact) mass is 380 g/mol. The molecular weight excluding hydrogens is 364 g/mol. The van der Waals surface area contributed by atoms with Crippen LogP contribution in [-0.4, -0.2) is 23.8 Å². The molecule has 0 radical (unpaired) electrons. The van der Waals surface area contributed by atoms with Gasteiger partial charge in [-0.1, -0.05) is 36.4 Å². The molecule has 2 amide bonds. The van der Waals surface area contributed by atoms with Crippen LogP contribution in [0.15, 0.2) is 48.5 Å². The minimum atomic E-state index is -1.39. The van der Waals surface area contributed by atoms with Gasteiger partial charge in [-0.15, -0.1) is 10.1 Å². The molecule has 2 aromatic carbocycles. The van der Waals surface area contributed by atoms with Crippen LogP contribution in [0.5, 0.6) is 0 Å². The first-order valence-electron chi connectivity index (χ1n) is 8.80. The molecule has 2 aliphatic heterocycles. The Morgan fingerprint density at radius 2 is 1.04 bits per heavy atom. The van der Waals surface area contributed by atoms with Gasteiger partial charge in [0.15, 0.2) is 0 Å². The van der Waals surface area contributed by atoms with Crippen molar-refractivity contribution in [3.63, 3.8) is 0 Å². The van der Waals surface area contributed by atoms with Gasteiger partial charge in [-0.2, -0.15) is 0 Å². The molecule has 0 aromatic heterocycles. The van der Waals surface area contributed by atoms with Crippen molar-refractivity contribution in [1.82, 2.24) is 0 Å². The topological polar surface area (TPSA) is 93.2 Å². The number of fused-ring (bicyclic) bond motifs is 2. The third kappa shape index (κ3) is 3.20. The lowest BCUT2D eigenvalue weighted by molar-refractivity contribution is -0.172. The fourth-order valence-corrected chi connectivity index (χ4v) is 3.24. The molecular formula is C20H16N2O6. The minimum Gasteiger partial charge on any atom is -0.322 e. The van der Waals surface area contributed by atoms with E-state index in [9.17, 15) is 19.2 Å². The molecule has 8 heteroatoms. The molecule has 0 saturated carbocycles. The Kier molecular flexibility index (Phi) is 4.52. The Morgan fingerprint density at radius 3 is 1.46 bits per heavy atom. The van der Waals surface area contributed by atoms with Gasteiger partial charge in [-0.25, -0.2) is 9.59 Å². The van der Waals surface area contributed by atoms with Gasteiger partial charge in [-0.05, 0) is 36.1 Å². The van der Waals surface area contributed by atoms with Crippen molar-refractivity contribution in [2.45, 2.75) is 25.7 Å². The van der Waals surface area contributed by atoms with Crippen LogP contribution in [0, 0.1) is 0 Å². The summed E-state index contributed by atoms with van der Waals surface area (Å²) in [4.78, 5) is 58.7. The maximum Gasteiger partial charge on any atom is 0.444 e. The summed E-state index contributed by atoms with van der Waals surface area (Å²) in [7, 11) is 0. The Balaban J connectivity index is 1.50. The van der Waals surface area contributed by atoms with Crippen LogP contribution in [0.4, 0.5) is 11.4 Å². The smallest absolute Gasteiger partial charge is 0.322 e. The lowest BCUT2D eigenvalue weighted by Crippen LogP contribution is -2.43. The minimum absolute atomic E-state index is 0.150. The van der Waals surface area contributed by atoms with Crippen molar-refractivity contribution in [1.29, 1.82) is 0 Å². The number of anilines is 2. The number of nitrogens with zero attached hydrogens (tertiary/aromatic N) is 2. The Labute approximate surface area is 160 Å². The van der Waals surface area contributed by atoms with Crippen LogP contribution in [0.1, 0.15) is 24.0 Å². The van der Waals surface area contributed by atoms with Crippen LogP contribution < -0.4 is 10.1 Å². The predicted molar refractivity (Wildman–Crippen MR) is 96.7 cm³/mol. The van der Waals surface area contributed by atoms with E-state index in [1.165, 1.54) is 0 Å². The predicted octanol–water partition coefficient (Wildman–Crippen LogP) is 1.86. The van der Waals surface area contributed by atoms with Crippen molar-refractivity contribution in [2.24, 2.45) is 0 Å². The zero-order valence-electron chi connectivity index (χ0n) is 14.8. The third-order valence-electron chi connectivity index (χ3n) is 4.61. The fourth-order valence-electron chi connectivity index (χ4n) is 3.24. The number of hydrogen-bond donors (Lipinski definition) is 0. The van der Waals surface area contributed by atoms with Gasteiger partial charge < -0.3 is 9.68 Å². The second-order valence-corrected chi connectivity index (χ2v) is 6.39. The van der Waals surface area contributed by atoms with Gasteiger partial charge in [-0.3, -0.25) is 9.59 Å². The molecule has 2 aliphatic rings. The highest BCUT2D eigenvalue weighted by molar-refractivity contribution is 6.30. The molecule has 2 heterocycles. The van der Waals surface area contributed by atoms with E-state index in [2.05, 4.69) is 0 Å². The summed E-state index contributed by atoms with van der Waals surface area (Å²) >= 11 is 0. The van der Waals surface area contributed by atoms with Gasteiger partial charge in [0.25, 0.3) is 11.8 Å². The first-order chi connectivity index (χ1) is 13.5. The summed E-state index contributed by atoms with van der Waals surface area (Å²) in [5.41, 5.74) is 2.45. The van der Waals surface area contributed by atoms with Crippen molar-refractivity contribution in [3.8, 4) is 0 Å². The highest BCUT2D eigenvalue weighted by Gasteiger charge is 2.34. The summed E-state index contributed by atoms with van der Waals surface area (Å²) in [5, 5.41) is 1.60. The largest absolute Gasteiger partial charge is 0.444 e. The number of benzene rings is 2. The van der Waals surface area contributed by atoms with Gasteiger partial charge in [0, 0.05) is 12.8 Å². The molecule has 0 saturated heterocycles. The van der Waals surface area contributed by atoms with Crippen molar-refractivity contribution in [2.75, 3.05) is 10.1 Å². The van der Waals surface area contributed by atoms with Gasteiger partial charge in [0.1, 0.15) is 0 Å². The quantitative estimate of drug-likeness (QED) is 0.739. The van der Waals surface area contributed by atoms with Crippen molar-refractivity contribution >= 4 is 35.1 Å². The fraction of sp³-hybridized carbons (Fsp3) is 0.200. The van der Waals surface area contributed by atoms with E-state index in [-0.39, 0.29) is 12.8 Å². The van der Waals surface area contributed by atoms with Crippen molar-refractivity contribution < 1.29 is 28.9 Å². The first-order valence-corrected chi connectivity index (χ1v) is 8.80. The number of aryl methyl sites for hydroxylation is 2. The second kappa shape index (κ2) is 7.15. The maximum atomic E-state index is 12.2. The van der Waals surface area contributed by atoms with E-state index in [1.54, 1.807) is 24.3 Å². The number of carbonyl (C=O) groups is 4. The molecule has 4 rings (SSSR count). The number of para-hydroxylation sites is 2. The summed E-state index contributed by atoms with van der Waals surface area (Å²) in [6.45, 7) is 0. The van der Waals surface area contributed by atoms with Crippen LogP contribution in [0.3, 0.4) is 0 Å². The molecule has 0 fully saturated rings. The number of rotatable bonds is 2. The molecule has 2 aromatic rings. The zero-order chi connectivity index (χ0) is 19.7. The van der Waals surface area contributed by atoms with Crippen LogP contribution >= 0.6 is 0 Å². The number of carbonyl (C=O) groups excluding carboxylic acids is 4. The molecule has 0 atom stereocenters. The lowest BCUT2D eigenvalue weighted by atomic mass is 10.0. The maximum absolute atomic E-state index is 12.2. The Hall–Kier alpha value is -3.68. The first kappa shape index (κ1) is 17.7. The molecule has 0 unspecified atom stereocenters. The third-order valence-corrected chi connectivity index (χ3v) is 4.61. The summed E-state index contributed by atoms with van der Waals surface area (Å²) in [5.74, 6) is -3.67. The highest BCUT2D eigenvalue weighted by Crippen LogP contribution is 2.29. The van der Waals surface area contributed by atoms with Crippen molar-refractivity contribution in [3.05, 3.63) is 59.7 Å². The standard InChI is InChI=1S/C20H16N2O6/c23-17-11-9-13-5-1-3-7-15(13)21(17)27-19(25)20(26)28-22-16-8-4-2-6-14(16)10-12-18(22)24/h1-8H,9-12H2. The normalized spacial score (nSPS) is 15.6. The molecule has 8 nitrogen and oxygen atoms in total. The molecule has 0 bridgehead atoms. The van der Waals surface area contributed by atoms with Crippen LogP contribution in [0.2, 0.25) is 0 Å². The SMILES string of the molecule is O=C(ON1C(=O)CCc2ccccc21)C(=O)ON1C(=O)CCc2ccccc21. The molecule has 142 valence electrons. The number of hydrogen-bond acceptors (Lipinski definition) is 6. The number of hydroxylamine groups is 2. The Morgan fingerprint density at radius 1 is 0.643 bits per heavy atom. The van der Waals surface area contributed by atoms with E-state index in [4.69, 9.17) is 9.68 Å². The van der Waals surface area contributed by atoms with E-state index in [0.717, 1.165) is 21.3 Å². The molecule has 0 aliphatic carbocycles. The van der Waals surface area contributed by atoms with E-state index < -0.39 is 23.8 Å². The van der Waals surface area contributed by atoms with E-state index in [1.807, 2.05) is 24.3 Å². The van der Waals surface area contributed by atoms with E-state index in [0.29, 0.717) is 24.2 Å². The summed E-state index contributed by atoms with van der Waals surface area (Å²) in [6.07, 6.45) is 1.34. The summed E-state index contributed by atoms with van der Waals surface area (Å²) < 4.78 is 0. The van der Waals surface area contributed by atoms with Crippen LogP contribution in [-0.2, 0) is 41.7 Å². The lowest BCUT2D eigenvalue weighted by Gasteiger charge is -2.28. The van der Waals surface area contributed by atoms with Gasteiger partial charge >= 0.3 is 11.9 Å². The highest BCUT2D eigenvalue weighted by atomic mass is 16.8. The molecule has 0 spiro atoms. The zero-order valence-corrected chi connectivity index (χ0v) is 14.8. The van der Waals surface area contributed by atoms with Gasteiger partial charge in [0.2, 0.25) is 0 Å². The second-order valence-electron chi connectivity index (χ2n) is 6.39. The average molecular weight is 380 g/mol. The summed E-state index contributed by atoms with van der Waals surface area (Å²) in [6, 6.07) is 13.9.